The van der Waals surface area contributed by atoms with Crippen LogP contribution in [0.4, 0.5) is 5.69 Å². The number of carbonyl (C=O) groups is 1. The molecule has 1 aromatic carbocycles. The van der Waals surface area contributed by atoms with Gasteiger partial charge in [0, 0.05) is 43.4 Å². The Balaban J connectivity index is 3.20. The molecule has 0 radical (unpaired) electrons. The molecule has 1 rings (SSSR count). The largest absolute Gasteiger partial charge is 0.450 e. The Morgan fingerprint density at radius 2 is 1.70 bits per heavy atom. The summed E-state index contributed by atoms with van der Waals surface area (Å²) in [5, 5.41) is 21.7. The second-order valence-corrected chi connectivity index (χ2v) is 4.75. The van der Waals surface area contributed by atoms with Crippen LogP contribution in [0.5, 0.6) is 0 Å². The summed E-state index contributed by atoms with van der Waals surface area (Å²) in [4.78, 5) is 31.7. The predicted octanol–water partition coefficient (Wildman–Crippen LogP) is 2.25. The fourth-order valence-corrected chi connectivity index (χ4v) is 1.65. The molecule has 0 spiro atoms. The molecule has 8 heteroatoms. The molecule has 20 heavy (non-hydrogen) atoms. The monoisotopic (exact) mass is 282 g/mol. The van der Waals surface area contributed by atoms with Crippen molar-refractivity contribution in [2.24, 2.45) is 0 Å². The van der Waals surface area contributed by atoms with Crippen LogP contribution in [-0.2, 0) is 9.53 Å². The second-order valence-electron chi connectivity index (χ2n) is 4.75. The molecule has 0 heterocycles. The van der Waals surface area contributed by atoms with Gasteiger partial charge in [0.05, 0.1) is 4.92 Å². The Bertz CT molecular complexity index is 537. The Morgan fingerprint density at radius 1 is 1.20 bits per heavy atom. The highest BCUT2D eigenvalue weighted by Gasteiger charge is 2.44. The van der Waals surface area contributed by atoms with E-state index in [1.165, 1.54) is 38.1 Å². The normalized spacial score (nSPS) is 12.6. The predicted molar refractivity (Wildman–Crippen MR) is 68.7 cm³/mol. The van der Waals surface area contributed by atoms with E-state index in [9.17, 15) is 25.0 Å². The van der Waals surface area contributed by atoms with E-state index in [0.29, 0.717) is 5.56 Å². The van der Waals surface area contributed by atoms with Crippen molar-refractivity contribution >= 4 is 11.7 Å². The summed E-state index contributed by atoms with van der Waals surface area (Å²) in [6.45, 7) is 3.79. The van der Waals surface area contributed by atoms with Crippen molar-refractivity contribution in [2.75, 3.05) is 0 Å². The lowest BCUT2D eigenvalue weighted by Gasteiger charge is -2.26. The molecule has 0 fully saturated rings. The van der Waals surface area contributed by atoms with Gasteiger partial charge in [-0.1, -0.05) is 0 Å². The first-order chi connectivity index (χ1) is 9.16. The minimum absolute atomic E-state index is 0.144. The van der Waals surface area contributed by atoms with Crippen molar-refractivity contribution in [3.8, 4) is 0 Å². The average Bonchev–Trinajstić information content (AvgIpc) is 2.35. The molecule has 0 N–H and O–H groups in total. The summed E-state index contributed by atoms with van der Waals surface area (Å²) in [5.74, 6) is -0.664. The van der Waals surface area contributed by atoms with Gasteiger partial charge in [0.15, 0.2) is 6.10 Å². The number of nitrogens with zero attached hydrogens (tertiary/aromatic N) is 2. The highest BCUT2D eigenvalue weighted by molar-refractivity contribution is 5.66. The molecule has 0 unspecified atom stereocenters. The number of nitro benzene ring substituents is 1. The van der Waals surface area contributed by atoms with Crippen molar-refractivity contribution in [3.63, 3.8) is 0 Å². The first kappa shape index (κ1) is 15.5. The highest BCUT2D eigenvalue weighted by Crippen LogP contribution is 2.32. The van der Waals surface area contributed by atoms with Crippen molar-refractivity contribution < 1.29 is 19.4 Å². The van der Waals surface area contributed by atoms with Gasteiger partial charge in [0.25, 0.3) is 11.2 Å². The second kappa shape index (κ2) is 5.64. The summed E-state index contributed by atoms with van der Waals surface area (Å²) < 4.78 is 5.01. The number of hydrogen-bond acceptors (Lipinski definition) is 6. The zero-order valence-electron chi connectivity index (χ0n) is 11.2. The van der Waals surface area contributed by atoms with E-state index in [0.717, 1.165) is 6.92 Å². The zero-order chi connectivity index (χ0) is 15.5. The third kappa shape index (κ3) is 3.28. The fourth-order valence-electron chi connectivity index (χ4n) is 1.65. The van der Waals surface area contributed by atoms with Crippen LogP contribution in [0.15, 0.2) is 24.3 Å². The van der Waals surface area contributed by atoms with Crippen LogP contribution >= 0.6 is 0 Å². The Hall–Kier alpha value is -2.51. The first-order valence-corrected chi connectivity index (χ1v) is 5.72. The third-order valence-electron chi connectivity index (χ3n) is 2.80. The summed E-state index contributed by atoms with van der Waals surface area (Å²) in [6.07, 6.45) is -1.13. The topological polar surface area (TPSA) is 113 Å². The van der Waals surface area contributed by atoms with Crippen molar-refractivity contribution in [1.29, 1.82) is 0 Å². The van der Waals surface area contributed by atoms with E-state index in [1.807, 2.05) is 0 Å². The SMILES string of the molecule is CC(=O)O[C@H](c1ccc([N+](=O)[O-])cc1)C(C)(C)[N+](=O)[O-]. The number of benzene rings is 1. The van der Waals surface area contributed by atoms with Crippen molar-refractivity contribution in [3.05, 3.63) is 50.1 Å². The lowest BCUT2D eigenvalue weighted by atomic mass is 9.91. The fraction of sp³-hybridized carbons (Fsp3) is 0.417. The molecule has 0 saturated carbocycles. The van der Waals surface area contributed by atoms with Crippen LogP contribution in [0.1, 0.15) is 32.4 Å². The molecule has 1 aromatic rings. The summed E-state index contributed by atoms with van der Waals surface area (Å²) in [5.41, 5.74) is -1.37. The molecular weight excluding hydrogens is 268 g/mol. The molecule has 0 amide bonds. The van der Waals surface area contributed by atoms with E-state index < -0.39 is 27.5 Å². The van der Waals surface area contributed by atoms with Crippen molar-refractivity contribution in [2.45, 2.75) is 32.4 Å². The van der Waals surface area contributed by atoms with E-state index in [-0.39, 0.29) is 5.69 Å². The summed E-state index contributed by atoms with van der Waals surface area (Å²) >= 11 is 0. The van der Waals surface area contributed by atoms with Crippen LogP contribution in [0, 0.1) is 20.2 Å². The highest BCUT2D eigenvalue weighted by atomic mass is 16.6. The smallest absolute Gasteiger partial charge is 0.303 e. The average molecular weight is 282 g/mol. The van der Waals surface area contributed by atoms with Crippen LogP contribution in [-0.4, -0.2) is 21.4 Å². The van der Waals surface area contributed by atoms with Crippen LogP contribution < -0.4 is 0 Å². The number of ether oxygens (including phenoxy) is 1. The van der Waals surface area contributed by atoms with Gasteiger partial charge in [-0.25, -0.2) is 0 Å². The minimum atomic E-state index is -1.55. The lowest BCUT2D eigenvalue weighted by molar-refractivity contribution is -0.574. The van der Waals surface area contributed by atoms with Crippen LogP contribution in [0.2, 0.25) is 0 Å². The molecule has 108 valence electrons. The van der Waals surface area contributed by atoms with Crippen molar-refractivity contribution in [1.82, 2.24) is 0 Å². The standard InChI is InChI=1S/C12H14N2O6/c1-8(15)20-11(12(2,3)14(18)19)9-4-6-10(7-5-9)13(16)17/h4-7,11H,1-3H3/t11-/m1/s1. The molecule has 0 saturated heterocycles. The van der Waals surface area contributed by atoms with Gasteiger partial charge in [-0.05, 0) is 12.1 Å². The molecule has 0 bridgehead atoms. The van der Waals surface area contributed by atoms with E-state index in [1.54, 1.807) is 0 Å². The Labute approximate surface area is 114 Å². The first-order valence-electron chi connectivity index (χ1n) is 5.72. The number of carbonyl (C=O) groups excluding carboxylic acids is 1. The Kier molecular flexibility index (Phi) is 4.38. The number of non-ortho nitro benzene ring substituents is 1. The molecular formula is C12H14N2O6. The van der Waals surface area contributed by atoms with E-state index in [4.69, 9.17) is 4.74 Å². The number of nitro groups is 2. The van der Waals surface area contributed by atoms with Crippen LogP contribution in [0.3, 0.4) is 0 Å². The number of hydrogen-bond donors (Lipinski definition) is 0. The maximum Gasteiger partial charge on any atom is 0.303 e. The van der Waals surface area contributed by atoms with Gasteiger partial charge in [-0.3, -0.25) is 25.0 Å². The van der Waals surface area contributed by atoms with Gasteiger partial charge >= 0.3 is 5.97 Å². The Morgan fingerprint density at radius 3 is 2.05 bits per heavy atom. The van der Waals surface area contributed by atoms with E-state index in [2.05, 4.69) is 0 Å². The molecule has 0 aromatic heterocycles. The van der Waals surface area contributed by atoms with Gasteiger partial charge in [-0.15, -0.1) is 0 Å². The third-order valence-corrected chi connectivity index (χ3v) is 2.80. The molecule has 0 aliphatic carbocycles. The quantitative estimate of drug-likeness (QED) is 0.465. The van der Waals surface area contributed by atoms with Gasteiger partial charge in [0.1, 0.15) is 0 Å². The van der Waals surface area contributed by atoms with E-state index >= 15 is 0 Å². The molecule has 0 aliphatic heterocycles. The van der Waals surface area contributed by atoms with Gasteiger partial charge in [0.2, 0.25) is 0 Å². The maximum atomic E-state index is 11.1. The molecule has 0 aliphatic rings. The number of rotatable bonds is 5. The zero-order valence-corrected chi connectivity index (χ0v) is 11.2. The molecule has 8 nitrogen and oxygen atoms in total. The molecule has 1 atom stereocenters. The summed E-state index contributed by atoms with van der Waals surface area (Å²) in [6, 6.07) is 5.11. The van der Waals surface area contributed by atoms with Crippen LogP contribution in [0.25, 0.3) is 0 Å². The van der Waals surface area contributed by atoms with Gasteiger partial charge < -0.3 is 4.74 Å². The maximum absolute atomic E-state index is 11.1. The minimum Gasteiger partial charge on any atom is -0.450 e. The summed E-state index contributed by atoms with van der Waals surface area (Å²) in [7, 11) is 0. The van der Waals surface area contributed by atoms with Gasteiger partial charge in [-0.2, -0.15) is 0 Å². The number of esters is 1. The lowest BCUT2D eigenvalue weighted by Crippen LogP contribution is -2.40.